The normalized spacial score (nSPS) is 17.1. The van der Waals surface area contributed by atoms with Gasteiger partial charge in [0.2, 0.25) is 0 Å². The second-order valence-electron chi connectivity index (χ2n) is 7.85. The zero-order valence-electron chi connectivity index (χ0n) is 18.7. The van der Waals surface area contributed by atoms with Crippen molar-refractivity contribution in [3.63, 3.8) is 0 Å². The summed E-state index contributed by atoms with van der Waals surface area (Å²) in [5.41, 5.74) is 1.87. The number of nitrogens with zero attached hydrogens (tertiary/aromatic N) is 4. The summed E-state index contributed by atoms with van der Waals surface area (Å²) in [6.45, 7) is 11.9. The average Bonchev–Trinajstić information content (AvgIpc) is 2.75. The van der Waals surface area contributed by atoms with E-state index >= 15 is 0 Å². The van der Waals surface area contributed by atoms with E-state index in [9.17, 15) is 4.79 Å². The van der Waals surface area contributed by atoms with Crippen molar-refractivity contribution < 1.29 is 4.79 Å². The van der Waals surface area contributed by atoms with Gasteiger partial charge in [-0.2, -0.15) is 0 Å². The van der Waals surface area contributed by atoms with Crippen molar-refractivity contribution in [1.82, 2.24) is 25.3 Å². The van der Waals surface area contributed by atoms with Crippen LogP contribution in [0.4, 0.5) is 0 Å². The molecule has 1 aliphatic heterocycles. The van der Waals surface area contributed by atoms with Crippen molar-refractivity contribution in [1.29, 1.82) is 0 Å². The van der Waals surface area contributed by atoms with Gasteiger partial charge in [0, 0.05) is 72.0 Å². The van der Waals surface area contributed by atoms with Crippen LogP contribution in [-0.4, -0.2) is 99.6 Å². The Kier molecular flexibility index (Phi) is 9.41. The maximum Gasteiger partial charge on any atom is 0.253 e. The molecule has 1 unspecified atom stereocenters. The van der Waals surface area contributed by atoms with Gasteiger partial charge in [-0.05, 0) is 37.6 Å². The molecule has 2 N–H and O–H groups in total. The van der Waals surface area contributed by atoms with Gasteiger partial charge in [-0.3, -0.25) is 14.7 Å². The standard InChI is InChI=1S/C22H38N6O/c1-6-27-12-14-28(15-13-27)18(2)17-25-22(23-3)24-11-10-19-8-7-9-20(16-19)21(29)26(4)5/h7-9,16,18H,6,10-15,17H2,1-5H3,(H2,23,24,25). The molecule has 1 aliphatic rings. The first-order valence-corrected chi connectivity index (χ1v) is 10.7. The van der Waals surface area contributed by atoms with Gasteiger partial charge in [0.05, 0.1) is 0 Å². The molecule has 162 valence electrons. The largest absolute Gasteiger partial charge is 0.356 e. The summed E-state index contributed by atoms with van der Waals surface area (Å²) in [5.74, 6) is 0.857. The maximum absolute atomic E-state index is 12.1. The number of aliphatic imine (C=N–C) groups is 1. The molecule has 29 heavy (non-hydrogen) atoms. The summed E-state index contributed by atoms with van der Waals surface area (Å²) < 4.78 is 0. The molecule has 1 atom stereocenters. The Morgan fingerprint density at radius 2 is 1.93 bits per heavy atom. The van der Waals surface area contributed by atoms with Gasteiger partial charge in [-0.1, -0.05) is 19.1 Å². The lowest BCUT2D eigenvalue weighted by molar-refractivity contribution is 0.0827. The zero-order chi connectivity index (χ0) is 21.2. The van der Waals surface area contributed by atoms with Crippen molar-refractivity contribution in [2.75, 3.05) is 67.0 Å². The highest BCUT2D eigenvalue weighted by Gasteiger charge is 2.20. The van der Waals surface area contributed by atoms with Crippen LogP contribution in [0.1, 0.15) is 29.8 Å². The smallest absolute Gasteiger partial charge is 0.253 e. The lowest BCUT2D eigenvalue weighted by atomic mass is 10.1. The molecule has 2 rings (SSSR count). The lowest BCUT2D eigenvalue weighted by Crippen LogP contribution is -2.53. The first kappa shape index (κ1) is 23.2. The number of likely N-dealkylation sites (N-methyl/N-ethyl adjacent to an activating group) is 1. The second-order valence-corrected chi connectivity index (χ2v) is 7.85. The van der Waals surface area contributed by atoms with Gasteiger partial charge in [0.15, 0.2) is 5.96 Å². The summed E-state index contributed by atoms with van der Waals surface area (Å²) in [7, 11) is 5.35. The van der Waals surface area contributed by atoms with Crippen molar-refractivity contribution in [3.8, 4) is 0 Å². The number of hydrogen-bond acceptors (Lipinski definition) is 4. The van der Waals surface area contributed by atoms with Crippen molar-refractivity contribution in [3.05, 3.63) is 35.4 Å². The molecule has 0 aromatic heterocycles. The van der Waals surface area contributed by atoms with Crippen LogP contribution in [0.15, 0.2) is 29.3 Å². The SMILES string of the molecule is CCN1CCN(C(C)CNC(=NC)NCCc2cccc(C(=O)N(C)C)c2)CC1. The van der Waals surface area contributed by atoms with E-state index in [1.807, 2.05) is 18.2 Å². The predicted molar refractivity (Wildman–Crippen MR) is 121 cm³/mol. The fourth-order valence-electron chi connectivity index (χ4n) is 3.56. The highest BCUT2D eigenvalue weighted by Crippen LogP contribution is 2.08. The van der Waals surface area contributed by atoms with E-state index in [0.717, 1.165) is 69.3 Å². The van der Waals surface area contributed by atoms with Crippen LogP contribution in [-0.2, 0) is 6.42 Å². The molecule has 0 saturated carbocycles. The van der Waals surface area contributed by atoms with E-state index in [2.05, 4.69) is 45.3 Å². The number of guanidine groups is 1. The molecule has 0 radical (unpaired) electrons. The number of hydrogen-bond donors (Lipinski definition) is 2. The lowest BCUT2D eigenvalue weighted by Gasteiger charge is -2.37. The Morgan fingerprint density at radius 3 is 2.55 bits per heavy atom. The number of carbonyl (C=O) groups is 1. The van der Waals surface area contributed by atoms with Gasteiger partial charge in [0.25, 0.3) is 5.91 Å². The van der Waals surface area contributed by atoms with Crippen LogP contribution in [0.3, 0.4) is 0 Å². The number of amides is 1. The van der Waals surface area contributed by atoms with Crippen LogP contribution >= 0.6 is 0 Å². The molecular formula is C22H38N6O. The minimum atomic E-state index is 0.0334. The fourth-order valence-corrected chi connectivity index (χ4v) is 3.56. The van der Waals surface area contributed by atoms with Crippen LogP contribution < -0.4 is 10.6 Å². The molecule has 7 nitrogen and oxygen atoms in total. The van der Waals surface area contributed by atoms with Crippen LogP contribution in [0, 0.1) is 0 Å². The Morgan fingerprint density at radius 1 is 1.21 bits per heavy atom. The molecule has 0 spiro atoms. The van der Waals surface area contributed by atoms with E-state index in [4.69, 9.17) is 0 Å². The second kappa shape index (κ2) is 11.8. The fraction of sp³-hybridized carbons (Fsp3) is 0.636. The molecule has 1 amide bonds. The number of nitrogens with one attached hydrogen (secondary N) is 2. The summed E-state index contributed by atoms with van der Waals surface area (Å²) in [6, 6.07) is 8.31. The molecule has 0 bridgehead atoms. The summed E-state index contributed by atoms with van der Waals surface area (Å²) in [5, 5.41) is 6.83. The Bertz CT molecular complexity index is 667. The molecule has 1 aromatic carbocycles. The molecule has 1 saturated heterocycles. The monoisotopic (exact) mass is 402 g/mol. The first-order chi connectivity index (χ1) is 13.9. The molecule has 1 aromatic rings. The molecule has 1 fully saturated rings. The summed E-state index contributed by atoms with van der Waals surface area (Å²) in [6.07, 6.45) is 0.837. The maximum atomic E-state index is 12.1. The number of piperazine rings is 1. The van der Waals surface area contributed by atoms with Gasteiger partial charge < -0.3 is 20.4 Å². The van der Waals surface area contributed by atoms with E-state index in [0.29, 0.717) is 6.04 Å². The first-order valence-electron chi connectivity index (χ1n) is 10.7. The third-order valence-electron chi connectivity index (χ3n) is 5.55. The zero-order valence-corrected chi connectivity index (χ0v) is 18.7. The third-order valence-corrected chi connectivity index (χ3v) is 5.55. The Hall–Kier alpha value is -2.12. The highest BCUT2D eigenvalue weighted by molar-refractivity contribution is 5.94. The van der Waals surface area contributed by atoms with E-state index < -0.39 is 0 Å². The minimum absolute atomic E-state index is 0.0334. The molecule has 1 heterocycles. The van der Waals surface area contributed by atoms with Gasteiger partial charge in [0.1, 0.15) is 0 Å². The van der Waals surface area contributed by atoms with Crippen LogP contribution in [0.5, 0.6) is 0 Å². The van der Waals surface area contributed by atoms with Gasteiger partial charge >= 0.3 is 0 Å². The van der Waals surface area contributed by atoms with E-state index in [1.54, 1.807) is 26.0 Å². The van der Waals surface area contributed by atoms with E-state index in [1.165, 1.54) is 0 Å². The third kappa shape index (κ3) is 7.33. The van der Waals surface area contributed by atoms with Crippen molar-refractivity contribution in [2.45, 2.75) is 26.3 Å². The van der Waals surface area contributed by atoms with E-state index in [-0.39, 0.29) is 5.91 Å². The number of benzene rings is 1. The quantitative estimate of drug-likeness (QED) is 0.504. The van der Waals surface area contributed by atoms with Crippen LogP contribution in [0.2, 0.25) is 0 Å². The average molecular weight is 403 g/mol. The topological polar surface area (TPSA) is 63.2 Å². The predicted octanol–water partition coefficient (Wildman–Crippen LogP) is 1.12. The Balaban J connectivity index is 1.74. The van der Waals surface area contributed by atoms with Crippen molar-refractivity contribution in [2.24, 2.45) is 4.99 Å². The number of carbonyl (C=O) groups excluding carboxylic acids is 1. The van der Waals surface area contributed by atoms with Gasteiger partial charge in [-0.15, -0.1) is 0 Å². The van der Waals surface area contributed by atoms with Crippen molar-refractivity contribution >= 4 is 11.9 Å². The number of rotatable bonds is 8. The minimum Gasteiger partial charge on any atom is -0.356 e. The highest BCUT2D eigenvalue weighted by atomic mass is 16.2. The summed E-state index contributed by atoms with van der Waals surface area (Å²) >= 11 is 0. The Labute approximate surface area is 176 Å². The molecule has 0 aliphatic carbocycles. The molecule has 7 heteroatoms. The summed E-state index contributed by atoms with van der Waals surface area (Å²) in [4.78, 5) is 23.1. The van der Waals surface area contributed by atoms with Crippen LogP contribution in [0.25, 0.3) is 0 Å². The molecular weight excluding hydrogens is 364 g/mol. The van der Waals surface area contributed by atoms with Gasteiger partial charge in [-0.25, -0.2) is 0 Å².